The van der Waals surface area contributed by atoms with Gasteiger partial charge in [0.15, 0.2) is 6.61 Å². The second kappa shape index (κ2) is 10.3. The molecule has 2 bridgehead atoms. The zero-order valence-electron chi connectivity index (χ0n) is 18.0. The van der Waals surface area contributed by atoms with E-state index in [4.69, 9.17) is 4.74 Å². The summed E-state index contributed by atoms with van der Waals surface area (Å²) in [6.07, 6.45) is 1.07. The maximum Gasteiger partial charge on any atom is 0.381 e. The minimum atomic E-state index is -6.60. The summed E-state index contributed by atoms with van der Waals surface area (Å²) in [7, 11) is 0. The first-order valence-electron chi connectivity index (χ1n) is 10.3. The van der Waals surface area contributed by atoms with Gasteiger partial charge in [-0.15, -0.1) is 0 Å². The monoisotopic (exact) mass is 506 g/mol. The van der Waals surface area contributed by atoms with Crippen LogP contribution in [0.1, 0.15) is 59.7 Å². The molecule has 1 aromatic carbocycles. The summed E-state index contributed by atoms with van der Waals surface area (Å²) < 4.78 is 125. The number of cyclic esters (lactones) is 2. The Morgan fingerprint density at radius 2 is 1.35 bits per heavy atom. The first-order valence-corrected chi connectivity index (χ1v) is 10.3. The van der Waals surface area contributed by atoms with Crippen molar-refractivity contribution in [2.75, 3.05) is 19.8 Å². The Balaban J connectivity index is 2.39. The fraction of sp³-hybridized carbons (Fsp3) is 0.619. The van der Waals surface area contributed by atoms with Gasteiger partial charge in [-0.3, -0.25) is 0 Å². The SMILES string of the molecule is CCCCCCOc1cc2cc(c1)C(=O)OCC(F)(F)C(F)(F)C(F)(F)C(F)(F)CCOC2=O. The van der Waals surface area contributed by atoms with Gasteiger partial charge in [-0.2, -0.15) is 35.1 Å². The number of unbranched alkanes of at least 4 members (excludes halogenated alkanes) is 3. The largest absolute Gasteiger partial charge is 0.494 e. The van der Waals surface area contributed by atoms with Gasteiger partial charge in [0.1, 0.15) is 5.75 Å². The molecule has 0 saturated carbocycles. The van der Waals surface area contributed by atoms with Crippen LogP contribution in [-0.2, 0) is 9.47 Å². The van der Waals surface area contributed by atoms with E-state index in [-0.39, 0.29) is 12.4 Å². The second-order valence-electron chi connectivity index (χ2n) is 7.67. The average Bonchev–Trinajstić information content (AvgIpc) is 2.76. The number of carbonyl (C=O) groups excluding carboxylic acids is 2. The molecule has 13 heteroatoms. The van der Waals surface area contributed by atoms with Crippen LogP contribution in [0.2, 0.25) is 0 Å². The number of fused-ring (bicyclic) bond motifs is 2. The summed E-state index contributed by atoms with van der Waals surface area (Å²) >= 11 is 0. The van der Waals surface area contributed by atoms with Crippen LogP contribution < -0.4 is 4.74 Å². The number of halogens is 8. The van der Waals surface area contributed by atoms with Crippen molar-refractivity contribution in [2.45, 2.75) is 62.7 Å². The molecule has 34 heavy (non-hydrogen) atoms. The van der Waals surface area contributed by atoms with E-state index in [0.717, 1.165) is 37.5 Å². The molecule has 1 aliphatic heterocycles. The topological polar surface area (TPSA) is 61.8 Å². The highest BCUT2D eigenvalue weighted by Crippen LogP contribution is 2.53. The minimum absolute atomic E-state index is 0.112. The van der Waals surface area contributed by atoms with E-state index in [0.29, 0.717) is 6.42 Å². The molecule has 0 aromatic heterocycles. The standard InChI is InChI=1S/C21H22F8O5/c1-2-3-4-5-7-32-15-10-13-9-14(11-15)17(31)34-12-19(24,25)21(28,29)20(26,27)18(22,23)6-8-33-16(13)30/h9-11H,2-8,12H2,1H3. The smallest absolute Gasteiger partial charge is 0.381 e. The van der Waals surface area contributed by atoms with Gasteiger partial charge in [0.2, 0.25) is 0 Å². The molecule has 0 spiro atoms. The molecule has 0 atom stereocenters. The Morgan fingerprint density at radius 1 is 0.794 bits per heavy atom. The fourth-order valence-corrected chi connectivity index (χ4v) is 2.94. The number of carbonyl (C=O) groups is 2. The lowest BCUT2D eigenvalue weighted by molar-refractivity contribution is -0.371. The quantitative estimate of drug-likeness (QED) is 0.273. The molecular formula is C21H22F8O5. The molecule has 1 heterocycles. The first-order chi connectivity index (χ1) is 15.7. The first kappa shape index (κ1) is 27.6. The highest BCUT2D eigenvalue weighted by Gasteiger charge is 2.80. The van der Waals surface area contributed by atoms with E-state index >= 15 is 0 Å². The van der Waals surface area contributed by atoms with Crippen molar-refractivity contribution in [3.05, 3.63) is 29.3 Å². The van der Waals surface area contributed by atoms with Gasteiger partial charge >= 0.3 is 35.6 Å². The van der Waals surface area contributed by atoms with E-state index in [1.807, 2.05) is 6.92 Å². The molecule has 5 nitrogen and oxygen atoms in total. The van der Waals surface area contributed by atoms with Crippen molar-refractivity contribution in [1.29, 1.82) is 0 Å². The molecule has 1 aliphatic rings. The highest BCUT2D eigenvalue weighted by atomic mass is 19.4. The lowest BCUT2D eigenvalue weighted by atomic mass is 9.97. The summed E-state index contributed by atoms with van der Waals surface area (Å²) in [5.41, 5.74) is -1.06. The molecule has 1 aromatic rings. The third kappa shape index (κ3) is 5.72. The van der Waals surface area contributed by atoms with Crippen molar-refractivity contribution in [1.82, 2.24) is 0 Å². The van der Waals surface area contributed by atoms with Crippen LogP contribution in [0.5, 0.6) is 5.75 Å². The number of esters is 2. The Labute approximate surface area is 189 Å². The van der Waals surface area contributed by atoms with E-state index < -0.39 is 66.4 Å². The third-order valence-electron chi connectivity index (χ3n) is 4.99. The maximum absolute atomic E-state index is 13.9. The van der Waals surface area contributed by atoms with Crippen LogP contribution in [0.25, 0.3) is 0 Å². The van der Waals surface area contributed by atoms with Gasteiger partial charge < -0.3 is 14.2 Å². The van der Waals surface area contributed by atoms with Crippen molar-refractivity contribution < 1.29 is 58.9 Å². The molecular weight excluding hydrogens is 484 g/mol. The zero-order valence-corrected chi connectivity index (χ0v) is 18.0. The lowest BCUT2D eigenvalue weighted by Crippen LogP contribution is -2.63. The normalized spacial score (nSPS) is 21.7. The predicted molar refractivity (Wildman–Crippen MR) is 101 cm³/mol. The van der Waals surface area contributed by atoms with Crippen molar-refractivity contribution in [2.24, 2.45) is 0 Å². The zero-order chi connectivity index (χ0) is 25.8. The maximum atomic E-state index is 13.9. The van der Waals surface area contributed by atoms with Crippen LogP contribution in [-0.4, -0.2) is 55.4 Å². The van der Waals surface area contributed by atoms with Gasteiger partial charge in [-0.1, -0.05) is 26.2 Å². The van der Waals surface area contributed by atoms with Crippen LogP contribution in [0, 0.1) is 0 Å². The molecule has 2 rings (SSSR count). The van der Waals surface area contributed by atoms with Gasteiger partial charge in [-0.05, 0) is 24.6 Å². The lowest BCUT2D eigenvalue weighted by Gasteiger charge is -2.36. The van der Waals surface area contributed by atoms with Gasteiger partial charge in [0.25, 0.3) is 0 Å². The van der Waals surface area contributed by atoms with Crippen molar-refractivity contribution in [3.63, 3.8) is 0 Å². The Morgan fingerprint density at radius 3 is 1.94 bits per heavy atom. The minimum Gasteiger partial charge on any atom is -0.494 e. The van der Waals surface area contributed by atoms with Gasteiger partial charge in [0.05, 0.1) is 30.8 Å². The number of alkyl halides is 8. The van der Waals surface area contributed by atoms with E-state index in [1.165, 1.54) is 0 Å². The molecule has 0 unspecified atom stereocenters. The molecule has 0 aliphatic carbocycles. The van der Waals surface area contributed by atoms with Crippen LogP contribution in [0.4, 0.5) is 35.1 Å². The number of ether oxygens (including phenoxy) is 3. The summed E-state index contributed by atoms with van der Waals surface area (Å²) in [5, 5.41) is 0. The number of hydrogen-bond donors (Lipinski definition) is 0. The second-order valence-corrected chi connectivity index (χ2v) is 7.67. The van der Waals surface area contributed by atoms with Crippen LogP contribution in [0.3, 0.4) is 0 Å². The van der Waals surface area contributed by atoms with Crippen LogP contribution in [0.15, 0.2) is 18.2 Å². The highest BCUT2D eigenvalue weighted by molar-refractivity contribution is 5.96. The van der Waals surface area contributed by atoms with E-state index in [2.05, 4.69) is 9.47 Å². The molecule has 0 fully saturated rings. The fourth-order valence-electron chi connectivity index (χ4n) is 2.94. The molecule has 0 saturated heterocycles. The third-order valence-corrected chi connectivity index (χ3v) is 4.99. The number of hydrogen-bond acceptors (Lipinski definition) is 5. The number of benzene rings is 1. The summed E-state index contributed by atoms with van der Waals surface area (Å²) in [4.78, 5) is 24.4. The summed E-state index contributed by atoms with van der Waals surface area (Å²) in [5.74, 6) is -27.9. The molecule has 192 valence electrons. The predicted octanol–water partition coefficient (Wildman–Crippen LogP) is 5.90. The summed E-state index contributed by atoms with van der Waals surface area (Å²) in [6.45, 7) is -2.00. The Bertz CT molecular complexity index is 888. The van der Waals surface area contributed by atoms with E-state index in [1.54, 1.807) is 0 Å². The van der Waals surface area contributed by atoms with Crippen molar-refractivity contribution in [3.8, 4) is 5.75 Å². The Hall–Kier alpha value is -2.60. The molecule has 0 amide bonds. The van der Waals surface area contributed by atoms with Gasteiger partial charge in [-0.25, -0.2) is 9.59 Å². The van der Waals surface area contributed by atoms with Crippen LogP contribution >= 0.6 is 0 Å². The summed E-state index contributed by atoms with van der Waals surface area (Å²) in [6, 6.07) is 2.80. The number of rotatable bonds is 6. The van der Waals surface area contributed by atoms with E-state index in [9.17, 15) is 44.7 Å². The Kier molecular flexibility index (Phi) is 8.41. The molecule has 0 N–H and O–H groups in total. The molecule has 0 radical (unpaired) electrons. The average molecular weight is 506 g/mol. The van der Waals surface area contributed by atoms with Gasteiger partial charge in [0, 0.05) is 0 Å². The van der Waals surface area contributed by atoms with Crippen molar-refractivity contribution >= 4 is 11.9 Å².